The second-order valence-corrected chi connectivity index (χ2v) is 4.54. The fourth-order valence-electron chi connectivity index (χ4n) is 1.96. The van der Waals surface area contributed by atoms with Crippen LogP contribution in [0.2, 0.25) is 0 Å². The maximum atomic E-state index is 13.1. The normalized spacial score (nSPS) is 12.4. The van der Waals surface area contributed by atoms with Crippen LogP contribution in [0, 0.1) is 5.82 Å². The molecule has 0 fully saturated rings. The first-order chi connectivity index (χ1) is 8.91. The van der Waals surface area contributed by atoms with Gasteiger partial charge >= 0.3 is 0 Å². The fraction of sp³-hybridized carbons (Fsp3) is 0.286. The van der Waals surface area contributed by atoms with Gasteiger partial charge < -0.3 is 9.30 Å². The maximum Gasteiger partial charge on any atom is 0.219 e. The van der Waals surface area contributed by atoms with Gasteiger partial charge in [0.15, 0.2) is 5.78 Å². The number of carbonyl (C=O) groups excluding carboxylic acids is 2. The van der Waals surface area contributed by atoms with Crippen LogP contribution in [0.3, 0.4) is 0 Å². The largest absolute Gasteiger partial charge is 0.336 e. The van der Waals surface area contributed by atoms with E-state index in [1.165, 1.54) is 24.1 Å². The van der Waals surface area contributed by atoms with Crippen LogP contribution in [-0.2, 0) is 4.79 Å². The minimum Gasteiger partial charge on any atom is -0.336 e. The second kappa shape index (κ2) is 4.84. The molecule has 0 aliphatic carbocycles. The lowest BCUT2D eigenvalue weighted by Crippen LogP contribution is -2.39. The average molecular weight is 262 g/mol. The number of nitrogens with zero attached hydrogens (tertiary/aromatic N) is 2. The summed E-state index contributed by atoms with van der Waals surface area (Å²) in [7, 11) is 1.59. The molecule has 100 valence electrons. The number of hydrogen-bond acceptors (Lipinski definition) is 2. The number of Topliss-reactive ketones (excluding diaryl/α,β-unsaturated/α-hetero) is 1. The van der Waals surface area contributed by atoms with Crippen LogP contribution in [0.25, 0.3) is 5.52 Å². The summed E-state index contributed by atoms with van der Waals surface area (Å²) in [6, 6.07) is 3.96. The third-order valence-corrected chi connectivity index (χ3v) is 3.34. The van der Waals surface area contributed by atoms with Gasteiger partial charge in [-0.2, -0.15) is 0 Å². The summed E-state index contributed by atoms with van der Waals surface area (Å²) in [5, 5.41) is 0. The van der Waals surface area contributed by atoms with E-state index in [1.54, 1.807) is 36.7 Å². The molecule has 1 atom stereocenters. The Hall–Kier alpha value is -2.17. The van der Waals surface area contributed by atoms with Gasteiger partial charge in [0.1, 0.15) is 5.82 Å². The van der Waals surface area contributed by atoms with Gasteiger partial charge in [0.05, 0.1) is 11.6 Å². The van der Waals surface area contributed by atoms with Gasteiger partial charge in [-0.1, -0.05) is 0 Å². The van der Waals surface area contributed by atoms with E-state index in [0.29, 0.717) is 11.1 Å². The number of ketones is 1. The molecule has 1 unspecified atom stereocenters. The van der Waals surface area contributed by atoms with Crippen molar-refractivity contribution in [3.63, 3.8) is 0 Å². The van der Waals surface area contributed by atoms with Gasteiger partial charge in [-0.15, -0.1) is 0 Å². The Morgan fingerprint density at radius 1 is 1.32 bits per heavy atom. The summed E-state index contributed by atoms with van der Waals surface area (Å²) in [6.45, 7) is 3.09. The molecule has 0 aliphatic rings. The molecule has 1 amide bonds. The Bertz CT molecular complexity index is 648. The zero-order chi connectivity index (χ0) is 14.2. The summed E-state index contributed by atoms with van der Waals surface area (Å²) in [6.07, 6.45) is 2.94. The molecule has 2 aromatic rings. The van der Waals surface area contributed by atoms with Crippen LogP contribution in [0.1, 0.15) is 24.2 Å². The van der Waals surface area contributed by atoms with Gasteiger partial charge in [0.2, 0.25) is 5.91 Å². The van der Waals surface area contributed by atoms with Crippen LogP contribution in [-0.4, -0.2) is 34.1 Å². The first-order valence-electron chi connectivity index (χ1n) is 5.95. The number of fused-ring (bicyclic) bond motifs is 1. The molecule has 0 bridgehead atoms. The van der Waals surface area contributed by atoms with E-state index in [4.69, 9.17) is 0 Å². The van der Waals surface area contributed by atoms with Crippen molar-refractivity contribution in [2.45, 2.75) is 19.9 Å². The van der Waals surface area contributed by atoms with Gasteiger partial charge in [0, 0.05) is 31.9 Å². The minimum atomic E-state index is -0.547. The first-order valence-corrected chi connectivity index (χ1v) is 5.95. The highest BCUT2D eigenvalue weighted by atomic mass is 19.1. The van der Waals surface area contributed by atoms with Gasteiger partial charge in [-0.3, -0.25) is 9.59 Å². The molecule has 5 heteroatoms. The molecular formula is C14H15FN2O2. The van der Waals surface area contributed by atoms with Crippen LogP contribution in [0.5, 0.6) is 0 Å². The van der Waals surface area contributed by atoms with E-state index in [0.717, 1.165) is 0 Å². The minimum absolute atomic E-state index is 0.160. The summed E-state index contributed by atoms with van der Waals surface area (Å²) < 4.78 is 14.6. The van der Waals surface area contributed by atoms with Crippen molar-refractivity contribution in [1.82, 2.24) is 9.30 Å². The Kier molecular flexibility index (Phi) is 3.38. The summed E-state index contributed by atoms with van der Waals surface area (Å²) in [4.78, 5) is 25.0. The molecule has 0 aliphatic heterocycles. The number of rotatable bonds is 3. The lowest BCUT2D eigenvalue weighted by Gasteiger charge is -2.22. The van der Waals surface area contributed by atoms with Crippen molar-refractivity contribution >= 4 is 17.2 Å². The van der Waals surface area contributed by atoms with Crippen molar-refractivity contribution in [3.05, 3.63) is 42.0 Å². The van der Waals surface area contributed by atoms with Crippen LogP contribution in [0.15, 0.2) is 30.6 Å². The highest BCUT2D eigenvalue weighted by molar-refractivity contribution is 6.06. The second-order valence-electron chi connectivity index (χ2n) is 4.54. The SMILES string of the molecule is CC(=O)N(C)C(C)C(=O)c1ccn2cc(F)ccc12. The molecule has 0 aromatic carbocycles. The molecule has 4 nitrogen and oxygen atoms in total. The monoisotopic (exact) mass is 262 g/mol. The topological polar surface area (TPSA) is 41.8 Å². The molecule has 0 saturated heterocycles. The zero-order valence-electron chi connectivity index (χ0n) is 11.1. The van der Waals surface area contributed by atoms with Gasteiger partial charge in [-0.25, -0.2) is 4.39 Å². The van der Waals surface area contributed by atoms with E-state index in [2.05, 4.69) is 0 Å². The predicted molar refractivity (Wildman–Crippen MR) is 69.6 cm³/mol. The fourth-order valence-corrected chi connectivity index (χ4v) is 1.96. The molecular weight excluding hydrogens is 247 g/mol. The number of halogens is 1. The standard InChI is InChI=1S/C14H15FN2O2/c1-9(16(3)10(2)18)14(19)12-6-7-17-8-11(15)4-5-13(12)17/h4-9H,1-3H3. The average Bonchev–Trinajstić information content (AvgIpc) is 2.78. The lowest BCUT2D eigenvalue weighted by molar-refractivity contribution is -0.128. The van der Waals surface area contributed by atoms with Crippen molar-refractivity contribution in [1.29, 1.82) is 0 Å². The number of pyridine rings is 1. The van der Waals surface area contributed by atoms with Crippen molar-refractivity contribution in [3.8, 4) is 0 Å². The predicted octanol–water partition coefficient (Wildman–Crippen LogP) is 2.13. The van der Waals surface area contributed by atoms with Crippen molar-refractivity contribution < 1.29 is 14.0 Å². The lowest BCUT2D eigenvalue weighted by atomic mass is 10.1. The maximum absolute atomic E-state index is 13.1. The number of hydrogen-bond donors (Lipinski definition) is 0. The van der Waals surface area contributed by atoms with E-state index < -0.39 is 6.04 Å². The van der Waals surface area contributed by atoms with Crippen LogP contribution in [0.4, 0.5) is 4.39 Å². The summed E-state index contributed by atoms with van der Waals surface area (Å²) in [5.74, 6) is -0.696. The highest BCUT2D eigenvalue weighted by Gasteiger charge is 2.23. The van der Waals surface area contributed by atoms with Crippen molar-refractivity contribution in [2.75, 3.05) is 7.05 Å². The van der Waals surface area contributed by atoms with E-state index in [9.17, 15) is 14.0 Å². The quantitative estimate of drug-likeness (QED) is 0.795. The molecule has 0 spiro atoms. The molecule has 19 heavy (non-hydrogen) atoms. The Balaban J connectivity index is 2.39. The first kappa shape index (κ1) is 13.3. The molecule has 2 aromatic heterocycles. The molecule has 0 radical (unpaired) electrons. The third-order valence-electron chi connectivity index (χ3n) is 3.34. The molecule has 0 saturated carbocycles. The van der Waals surface area contributed by atoms with Crippen molar-refractivity contribution in [2.24, 2.45) is 0 Å². The number of carbonyl (C=O) groups is 2. The number of aromatic nitrogens is 1. The van der Waals surface area contributed by atoms with E-state index in [-0.39, 0.29) is 17.5 Å². The summed E-state index contributed by atoms with van der Waals surface area (Å²) in [5.41, 5.74) is 1.12. The Labute approximate surface area is 110 Å². The third kappa shape index (κ3) is 2.36. The number of amides is 1. The highest BCUT2D eigenvalue weighted by Crippen LogP contribution is 2.17. The smallest absolute Gasteiger partial charge is 0.219 e. The van der Waals surface area contributed by atoms with Gasteiger partial charge in [-0.05, 0) is 25.1 Å². The zero-order valence-corrected chi connectivity index (χ0v) is 11.1. The number of likely N-dealkylation sites (N-methyl/N-ethyl adjacent to an activating group) is 1. The van der Waals surface area contributed by atoms with Crippen LogP contribution >= 0.6 is 0 Å². The van der Waals surface area contributed by atoms with E-state index in [1.807, 2.05) is 0 Å². The van der Waals surface area contributed by atoms with Crippen LogP contribution < -0.4 is 0 Å². The Morgan fingerprint density at radius 3 is 2.63 bits per heavy atom. The molecule has 2 rings (SSSR count). The van der Waals surface area contributed by atoms with E-state index >= 15 is 0 Å². The summed E-state index contributed by atoms with van der Waals surface area (Å²) >= 11 is 0. The molecule has 2 heterocycles. The Morgan fingerprint density at radius 2 is 2.00 bits per heavy atom. The molecule has 0 N–H and O–H groups in total. The van der Waals surface area contributed by atoms with Gasteiger partial charge in [0.25, 0.3) is 0 Å².